The van der Waals surface area contributed by atoms with Crippen LogP contribution in [-0.4, -0.2) is 30.0 Å². The van der Waals surface area contributed by atoms with Gasteiger partial charge in [-0.1, -0.05) is 23.8 Å². The van der Waals surface area contributed by atoms with Crippen LogP contribution in [0.4, 0.5) is 5.69 Å². The number of hydrogen-bond acceptors (Lipinski definition) is 3. The predicted molar refractivity (Wildman–Crippen MR) is 69.5 cm³/mol. The summed E-state index contributed by atoms with van der Waals surface area (Å²) < 4.78 is 0. The maximum Gasteiger partial charge on any atom is 0.284 e. The predicted octanol–water partition coefficient (Wildman–Crippen LogP) is 1.67. The highest BCUT2D eigenvalue weighted by Gasteiger charge is 2.09. The van der Waals surface area contributed by atoms with Crippen LogP contribution in [0.5, 0.6) is 0 Å². The molecule has 0 heterocycles. The van der Waals surface area contributed by atoms with Crippen LogP contribution in [0.3, 0.4) is 0 Å². The van der Waals surface area contributed by atoms with Gasteiger partial charge in [0.05, 0.1) is 0 Å². The van der Waals surface area contributed by atoms with Gasteiger partial charge >= 0.3 is 0 Å². The van der Waals surface area contributed by atoms with Gasteiger partial charge in [-0.2, -0.15) is 0 Å². The van der Waals surface area contributed by atoms with Gasteiger partial charge in [-0.15, -0.1) is 0 Å². The summed E-state index contributed by atoms with van der Waals surface area (Å²) in [7, 11) is 3.50. The molecule has 0 radical (unpaired) electrons. The minimum absolute atomic E-state index is 0.111. The molecule has 1 amide bonds. The van der Waals surface area contributed by atoms with Gasteiger partial charge in [-0.3, -0.25) is 4.79 Å². The first-order valence-corrected chi connectivity index (χ1v) is 5.32. The van der Waals surface area contributed by atoms with Crippen LogP contribution < -0.4 is 10.7 Å². The summed E-state index contributed by atoms with van der Waals surface area (Å²) in [5.41, 5.74) is 3.35. The number of benzene rings is 1. The number of halogens is 1. The molecule has 0 bridgehead atoms. The van der Waals surface area contributed by atoms with Crippen LogP contribution in [0, 0.1) is 0 Å². The Hall–Kier alpha value is -1.17. The number of carbonyl (C=O) groups is 1. The third-order valence-corrected chi connectivity index (χ3v) is 2.16. The second kappa shape index (κ2) is 5.79. The van der Waals surface area contributed by atoms with Gasteiger partial charge in [-0.05, 0) is 24.3 Å². The number of anilines is 1. The molecule has 0 saturated heterocycles. The van der Waals surface area contributed by atoms with Crippen molar-refractivity contribution in [2.75, 3.05) is 19.4 Å². The van der Waals surface area contributed by atoms with Crippen molar-refractivity contribution in [3.05, 3.63) is 29.3 Å². The normalized spacial score (nSPS) is 10.0. The molecule has 1 aromatic rings. The van der Waals surface area contributed by atoms with E-state index in [-0.39, 0.29) is 10.9 Å². The number of rotatable bonds is 2. The summed E-state index contributed by atoms with van der Waals surface area (Å²) in [5, 5.41) is 4.86. The zero-order chi connectivity index (χ0) is 12.1. The fourth-order valence-corrected chi connectivity index (χ4v) is 1.33. The van der Waals surface area contributed by atoms with E-state index >= 15 is 0 Å². The molecule has 0 atom stereocenters. The van der Waals surface area contributed by atoms with Crippen LogP contribution in [0.2, 0.25) is 5.02 Å². The minimum atomic E-state index is -0.356. The molecule has 1 rings (SSSR count). The molecule has 4 nitrogen and oxygen atoms in total. The topological polar surface area (TPSA) is 44.4 Å². The zero-order valence-corrected chi connectivity index (χ0v) is 10.5. The van der Waals surface area contributed by atoms with Crippen molar-refractivity contribution in [1.29, 1.82) is 0 Å². The molecule has 1 aromatic carbocycles. The van der Waals surface area contributed by atoms with Crippen LogP contribution in [0.25, 0.3) is 0 Å². The Balaban J connectivity index is 2.57. The molecule has 0 spiro atoms. The van der Waals surface area contributed by atoms with Gasteiger partial charge in [0.25, 0.3) is 5.91 Å². The van der Waals surface area contributed by atoms with Crippen molar-refractivity contribution in [1.82, 2.24) is 10.4 Å². The SMILES string of the molecule is CN(C)NC(=S)C(=O)Nc1ccc(Cl)cc1. The average molecular weight is 258 g/mol. The molecule has 0 aliphatic carbocycles. The number of carbonyl (C=O) groups excluding carboxylic acids is 1. The van der Waals surface area contributed by atoms with Crippen molar-refractivity contribution in [2.45, 2.75) is 0 Å². The van der Waals surface area contributed by atoms with E-state index in [1.807, 2.05) is 0 Å². The molecule has 16 heavy (non-hydrogen) atoms. The second-order valence-corrected chi connectivity index (χ2v) is 4.14. The van der Waals surface area contributed by atoms with Crippen LogP contribution in [-0.2, 0) is 4.79 Å². The number of thiocarbonyl (C=S) groups is 1. The second-order valence-electron chi connectivity index (χ2n) is 3.30. The zero-order valence-electron chi connectivity index (χ0n) is 8.95. The lowest BCUT2D eigenvalue weighted by molar-refractivity contribution is -0.110. The van der Waals surface area contributed by atoms with E-state index < -0.39 is 0 Å². The van der Waals surface area contributed by atoms with Crippen molar-refractivity contribution in [3.63, 3.8) is 0 Å². The van der Waals surface area contributed by atoms with Crippen molar-refractivity contribution in [3.8, 4) is 0 Å². The van der Waals surface area contributed by atoms with E-state index in [9.17, 15) is 4.79 Å². The summed E-state index contributed by atoms with van der Waals surface area (Å²) in [6.07, 6.45) is 0. The molecule has 6 heteroatoms. The number of nitrogens with zero attached hydrogens (tertiary/aromatic N) is 1. The molecule has 0 fully saturated rings. The van der Waals surface area contributed by atoms with Crippen LogP contribution in [0.15, 0.2) is 24.3 Å². The quantitative estimate of drug-likeness (QED) is 0.625. The monoisotopic (exact) mass is 257 g/mol. The van der Waals surface area contributed by atoms with Gasteiger partial charge in [-0.25, -0.2) is 5.01 Å². The Bertz CT molecular complexity index is 392. The van der Waals surface area contributed by atoms with Crippen LogP contribution in [0.1, 0.15) is 0 Å². The largest absolute Gasteiger partial charge is 0.320 e. The summed E-state index contributed by atoms with van der Waals surface area (Å²) >= 11 is 10.6. The average Bonchev–Trinajstić information content (AvgIpc) is 2.20. The molecular weight excluding hydrogens is 246 g/mol. The fraction of sp³-hybridized carbons (Fsp3) is 0.200. The van der Waals surface area contributed by atoms with E-state index in [2.05, 4.69) is 10.7 Å². The molecule has 86 valence electrons. The Morgan fingerprint density at radius 1 is 1.31 bits per heavy atom. The summed E-state index contributed by atoms with van der Waals surface area (Å²) in [5.74, 6) is -0.356. The molecular formula is C10H12ClN3OS. The molecule has 2 N–H and O–H groups in total. The van der Waals surface area contributed by atoms with Gasteiger partial charge in [0, 0.05) is 24.8 Å². The fourth-order valence-electron chi connectivity index (χ4n) is 0.975. The van der Waals surface area contributed by atoms with Gasteiger partial charge in [0.1, 0.15) is 0 Å². The van der Waals surface area contributed by atoms with E-state index in [1.54, 1.807) is 43.4 Å². The lowest BCUT2D eigenvalue weighted by Crippen LogP contribution is -2.41. The molecule has 0 saturated carbocycles. The number of nitrogens with one attached hydrogen (secondary N) is 2. The van der Waals surface area contributed by atoms with Gasteiger partial charge in [0.15, 0.2) is 4.99 Å². The lowest BCUT2D eigenvalue weighted by Gasteiger charge is -2.13. The van der Waals surface area contributed by atoms with Crippen molar-refractivity contribution >= 4 is 40.4 Å². The lowest BCUT2D eigenvalue weighted by atomic mass is 10.3. The molecule has 0 aliphatic rings. The number of amides is 1. The van der Waals surface area contributed by atoms with Crippen molar-refractivity contribution < 1.29 is 4.79 Å². The van der Waals surface area contributed by atoms with Gasteiger partial charge in [0.2, 0.25) is 0 Å². The standard InChI is InChI=1S/C10H12ClN3OS/c1-14(2)13-10(16)9(15)12-8-5-3-7(11)4-6-8/h3-6H,1-2H3,(H,12,15)(H,13,16). The summed E-state index contributed by atoms with van der Waals surface area (Å²) in [4.78, 5) is 11.7. The smallest absolute Gasteiger partial charge is 0.284 e. The van der Waals surface area contributed by atoms with E-state index in [4.69, 9.17) is 23.8 Å². The highest BCUT2D eigenvalue weighted by Crippen LogP contribution is 2.13. The Kier molecular flexibility index (Phi) is 4.67. The maximum absolute atomic E-state index is 11.6. The maximum atomic E-state index is 11.6. The first-order valence-electron chi connectivity index (χ1n) is 4.54. The first kappa shape index (κ1) is 12.9. The number of hydrogen-bond donors (Lipinski definition) is 2. The third-order valence-electron chi connectivity index (χ3n) is 1.63. The Morgan fingerprint density at radius 3 is 2.38 bits per heavy atom. The summed E-state index contributed by atoms with van der Waals surface area (Å²) in [6.45, 7) is 0. The van der Waals surface area contributed by atoms with Crippen molar-refractivity contribution in [2.24, 2.45) is 0 Å². The third kappa shape index (κ3) is 4.14. The highest BCUT2D eigenvalue weighted by atomic mass is 35.5. The van der Waals surface area contributed by atoms with E-state index in [1.165, 1.54) is 0 Å². The summed E-state index contributed by atoms with van der Waals surface area (Å²) in [6, 6.07) is 6.80. The first-order chi connectivity index (χ1) is 7.49. The number of hydrazine groups is 1. The van der Waals surface area contributed by atoms with E-state index in [0.717, 1.165) is 0 Å². The highest BCUT2D eigenvalue weighted by molar-refractivity contribution is 7.82. The molecule has 0 aliphatic heterocycles. The van der Waals surface area contributed by atoms with Gasteiger partial charge < -0.3 is 10.7 Å². The van der Waals surface area contributed by atoms with Crippen LogP contribution >= 0.6 is 23.8 Å². The molecule has 0 aromatic heterocycles. The van der Waals surface area contributed by atoms with E-state index in [0.29, 0.717) is 10.7 Å². The Labute approximate surface area is 105 Å². The Morgan fingerprint density at radius 2 is 1.88 bits per heavy atom. The minimum Gasteiger partial charge on any atom is -0.320 e. The molecule has 0 unspecified atom stereocenters.